The van der Waals surface area contributed by atoms with Gasteiger partial charge < -0.3 is 58.1 Å². The maximum Gasteiger partial charge on any atom is 0.253 e. The van der Waals surface area contributed by atoms with Crippen molar-refractivity contribution in [3.8, 4) is 89.5 Å². The second-order valence-corrected chi connectivity index (χ2v) is 39.7. The van der Waals surface area contributed by atoms with Gasteiger partial charge in [0, 0.05) is 168 Å². The summed E-state index contributed by atoms with van der Waals surface area (Å²) in [7, 11) is -3.25. The summed E-state index contributed by atoms with van der Waals surface area (Å²) in [5, 5.41) is 56.2. The second kappa shape index (κ2) is 43.3. The van der Waals surface area contributed by atoms with Gasteiger partial charge in [-0.25, -0.2) is 32.7 Å². The Morgan fingerprint density at radius 3 is 0.829 bits per heavy atom. The third-order valence-corrected chi connectivity index (χ3v) is 29.2. The average Bonchev–Trinajstić information content (AvgIpc) is 1.60. The largest absolute Gasteiger partial charge is 0.393 e. The van der Waals surface area contributed by atoms with Gasteiger partial charge in [-0.3, -0.25) is 53.5 Å². The van der Waals surface area contributed by atoms with Crippen LogP contribution in [-0.2, 0) is 24.4 Å². The number of pyridine rings is 4. The second-order valence-electron chi connectivity index (χ2n) is 37.4. The van der Waals surface area contributed by atoms with Crippen LogP contribution in [0.2, 0.25) is 0 Å². The number of fused-ring (bicyclic) bond motifs is 4. The molecule has 4 saturated heterocycles. The Balaban J connectivity index is 0.000000133. The molecule has 16 heterocycles. The maximum absolute atomic E-state index is 12.7. The van der Waals surface area contributed by atoms with Crippen LogP contribution >= 0.6 is 0 Å². The van der Waals surface area contributed by atoms with Crippen LogP contribution in [0.3, 0.4) is 0 Å². The Kier molecular flexibility index (Phi) is 30.1. The number of carbonyl (C=O) groups excluding carboxylic acids is 7. The lowest BCUT2D eigenvalue weighted by atomic mass is 9.89. The van der Waals surface area contributed by atoms with Gasteiger partial charge in [-0.2, -0.15) is 38.5 Å². The number of anilines is 4. The summed E-state index contributed by atoms with van der Waals surface area (Å²) in [4.78, 5) is 130. The highest BCUT2D eigenvalue weighted by atomic mass is 32.2. The number of aliphatic hydroxyl groups excluding tert-OH is 3. The van der Waals surface area contributed by atoms with Crippen LogP contribution in [0, 0.1) is 0 Å². The molecule has 4 aromatic carbocycles. The SMILES string of the molecule is CC(=O)c1c(C2CCN(C(=O)C(C)(C)O)CC2)nc2c(-c3ccc(-c4ccccc4)nc3)cnn2c1N.CC(=O)c1c(C2CCN(C(=O)[C@H](C)O)CC2)nc2c(-c3ccc(-c4ccccc4)nc3)cnn2c1N.CC(=O)c1c(C2CCN(C(=O)[C@H](O)CO)CC2)nc2c(-c3ccc(-c4ccccc4)nc3)cnn2c1N.CCS(=O)(=O)N1CCC(c2nc3c(-c4ccc(-c5ccccc5)nc4)cnn3c(N)c2C(C)=O)CC1. The Morgan fingerprint density at radius 2 is 0.610 bits per heavy atom. The fourth-order valence-corrected chi connectivity index (χ4v) is 20.7. The average molecular weight is 1990 g/mol. The van der Waals surface area contributed by atoms with Gasteiger partial charge in [0.25, 0.3) is 17.7 Å². The quantitative estimate of drug-likeness (QED) is 0.0292. The molecule has 37 nitrogen and oxygen atoms in total. The Hall–Kier alpha value is -16.0. The lowest BCUT2D eigenvalue weighted by Gasteiger charge is -2.35. The molecule has 0 aliphatic carbocycles. The number of ketones is 4. The molecule has 4 aliphatic heterocycles. The fraction of sp³-hybridized carbons (Fsp3) is 0.306. The number of aromatic nitrogens is 16. The zero-order valence-corrected chi connectivity index (χ0v) is 82.9. The molecule has 146 heavy (non-hydrogen) atoms. The zero-order valence-electron chi connectivity index (χ0n) is 82.1. The van der Waals surface area contributed by atoms with Crippen molar-refractivity contribution in [3.63, 3.8) is 0 Å². The van der Waals surface area contributed by atoms with E-state index in [0.717, 1.165) is 89.5 Å². The van der Waals surface area contributed by atoms with E-state index in [9.17, 15) is 57.3 Å². The molecule has 0 saturated carbocycles. The van der Waals surface area contributed by atoms with Gasteiger partial charge in [0.15, 0.2) is 51.8 Å². The van der Waals surface area contributed by atoms with Crippen LogP contribution in [0.4, 0.5) is 23.3 Å². The molecule has 4 aliphatic rings. The summed E-state index contributed by atoms with van der Waals surface area (Å²) in [5.74, 6) is -1.08. The third kappa shape index (κ3) is 21.1. The summed E-state index contributed by atoms with van der Waals surface area (Å²) in [5.41, 5.74) is 44.4. The van der Waals surface area contributed by atoms with Gasteiger partial charge in [-0.1, -0.05) is 146 Å². The van der Waals surface area contributed by atoms with E-state index in [-0.39, 0.29) is 87.6 Å². The first-order chi connectivity index (χ1) is 70.2. The number of nitrogens with two attached hydrogens (primary N) is 4. The van der Waals surface area contributed by atoms with E-state index in [4.69, 9.17) is 48.0 Å². The van der Waals surface area contributed by atoms with Gasteiger partial charge in [0.05, 0.1) is 105 Å². The summed E-state index contributed by atoms with van der Waals surface area (Å²) in [6.07, 6.45) is 16.1. The number of hydrogen-bond acceptors (Lipinski definition) is 29. The van der Waals surface area contributed by atoms with E-state index in [0.29, 0.717) is 171 Å². The van der Waals surface area contributed by atoms with E-state index in [1.54, 1.807) is 66.3 Å². The van der Waals surface area contributed by atoms with Crippen molar-refractivity contribution in [2.45, 2.75) is 148 Å². The van der Waals surface area contributed by atoms with Gasteiger partial charge in [0.2, 0.25) is 10.0 Å². The predicted octanol–water partition coefficient (Wildman–Crippen LogP) is 13.1. The summed E-state index contributed by atoms with van der Waals surface area (Å²) >= 11 is 0. The molecule has 12 N–H and O–H groups in total. The lowest BCUT2D eigenvalue weighted by Crippen LogP contribution is -2.48. The molecule has 750 valence electrons. The van der Waals surface area contributed by atoms with Crippen LogP contribution in [0.15, 0.2) is 219 Å². The van der Waals surface area contributed by atoms with Gasteiger partial charge in [0.1, 0.15) is 35.0 Å². The van der Waals surface area contributed by atoms with Crippen molar-refractivity contribution in [2.24, 2.45) is 0 Å². The molecule has 20 rings (SSSR count). The first kappa shape index (κ1) is 101. The molecule has 3 amide bonds. The molecular weight excluding hydrogens is 1870 g/mol. The van der Waals surface area contributed by atoms with Crippen molar-refractivity contribution >= 4 is 96.7 Å². The number of amides is 3. The van der Waals surface area contributed by atoms with Crippen molar-refractivity contribution in [1.82, 2.24) is 97.3 Å². The monoisotopic (exact) mass is 1990 g/mol. The van der Waals surface area contributed by atoms with E-state index < -0.39 is 40.3 Å². The van der Waals surface area contributed by atoms with Crippen LogP contribution in [-0.4, -0.2) is 250 Å². The Labute approximate surface area is 841 Å². The minimum Gasteiger partial charge on any atom is -0.393 e. The Morgan fingerprint density at radius 1 is 0.363 bits per heavy atom. The Bertz CT molecular complexity index is 7670. The van der Waals surface area contributed by atoms with Crippen LogP contribution in [0.1, 0.15) is 195 Å². The molecule has 38 heteroatoms. The summed E-state index contributed by atoms with van der Waals surface area (Å²) in [6.45, 7) is 14.8. The normalized spacial score (nSPS) is 15.1. The number of benzene rings is 4. The van der Waals surface area contributed by atoms with Gasteiger partial charge >= 0.3 is 0 Å². The van der Waals surface area contributed by atoms with Gasteiger partial charge in [-0.05, 0) is 131 Å². The predicted molar refractivity (Wildman–Crippen MR) is 554 cm³/mol. The molecule has 2 atom stereocenters. The zero-order chi connectivity index (χ0) is 103. The fourth-order valence-electron chi connectivity index (χ4n) is 19.5. The van der Waals surface area contributed by atoms with Crippen molar-refractivity contribution in [3.05, 3.63) is 264 Å². The number of likely N-dealkylation sites (tertiary alicyclic amines) is 3. The molecule has 0 radical (unpaired) electrons. The number of Topliss-reactive ketones (excluding diaryl/α,β-unsaturated/α-hetero) is 4. The van der Waals surface area contributed by atoms with Gasteiger partial charge in [-0.15, -0.1) is 0 Å². The molecule has 0 bridgehead atoms. The molecule has 16 aromatic rings. The van der Waals surface area contributed by atoms with Crippen molar-refractivity contribution in [2.75, 3.05) is 87.7 Å². The third-order valence-electron chi connectivity index (χ3n) is 27.3. The molecule has 12 aromatic heterocycles. The number of nitrogen functional groups attached to an aromatic ring is 4. The molecule has 4 fully saturated rings. The highest BCUT2D eigenvalue weighted by Crippen LogP contribution is 2.43. The number of piperidine rings is 4. The number of sulfonamides is 1. The first-order valence-electron chi connectivity index (χ1n) is 48.5. The van der Waals surface area contributed by atoms with Crippen LogP contribution in [0.5, 0.6) is 0 Å². The van der Waals surface area contributed by atoms with E-state index in [2.05, 4.69) is 40.3 Å². The minimum absolute atomic E-state index is 0.0458. The van der Waals surface area contributed by atoms with Crippen molar-refractivity contribution in [1.29, 1.82) is 0 Å². The topological polar surface area (TPSA) is 524 Å². The first-order valence-corrected chi connectivity index (χ1v) is 50.1. The number of hydrogen-bond donors (Lipinski definition) is 8. The number of aliphatic hydroxyl groups is 4. The molecule has 0 spiro atoms. The molecule has 0 unspecified atom stereocenters. The number of carbonyl (C=O) groups is 7. The minimum atomic E-state index is -3.25. The van der Waals surface area contributed by atoms with E-state index in [1.807, 2.05) is 170 Å². The smallest absolute Gasteiger partial charge is 0.253 e. The van der Waals surface area contributed by atoms with Crippen LogP contribution in [0.25, 0.3) is 112 Å². The lowest BCUT2D eigenvalue weighted by molar-refractivity contribution is -0.149. The van der Waals surface area contributed by atoms with Crippen molar-refractivity contribution < 1.29 is 62.4 Å². The van der Waals surface area contributed by atoms with E-state index in [1.165, 1.54) is 75.7 Å². The summed E-state index contributed by atoms with van der Waals surface area (Å²) in [6, 6.07) is 55.4. The highest BCUT2D eigenvalue weighted by molar-refractivity contribution is 7.89. The van der Waals surface area contributed by atoms with Crippen LogP contribution < -0.4 is 22.9 Å². The van der Waals surface area contributed by atoms with E-state index >= 15 is 0 Å². The highest BCUT2D eigenvalue weighted by Gasteiger charge is 2.39. The summed E-state index contributed by atoms with van der Waals surface area (Å²) < 4.78 is 32.1. The maximum atomic E-state index is 12.7. The number of nitrogens with zero attached hydrogens (tertiary/aromatic N) is 20. The molecular formula is C108H114N24O13S. The number of rotatable bonds is 22. The standard InChI is InChI=1S/C28H30N6O3.C27H28N6O4.C27H28N6O3.C26H28N6O3S/c1-17(35)23-24(19-11-13-33(14-12-19)27(36)28(2,3)37)32-26-21(16-31-34(26)25(23)29)20-9-10-22(30-15-20)18-7-5-4-6-8-18;1-16(35)23-24(18-9-11-32(12-10-18)27(37)22(36)15-34)31-26-20(14-30-33(26)25(23)28)19-7-8-21(29-13-19)17-5-3-2-4-6-17;1-16(34)23-24(19-10-12-32(13-11-19)27(36)17(2)35)31-26-21(15-30-33(26)25(23)28)20-8-9-22(29-14-20)18-6-4-3-5-7-18;1-3-36(34,35)31-13-11-19(12-14-31)24-23(17(2)33)25(27)32-26(30-24)21(16-29-32)20-9-10-22(28-15-20)18-7-5-4-6-8-18/h4-10,15-16,19,37H,11-14,29H2,1-3H3;2-8,13-14,18,22,34,36H,9-12,15,28H2,1H3;3-9,14-15,17,19,35H,10-13,28H2,1-2H3;4-10,15-16,19H,3,11-14,27H2,1-2H3/t;22-;17-;/m.10./s1.